The van der Waals surface area contributed by atoms with Crippen molar-refractivity contribution in [3.63, 3.8) is 0 Å². The molecule has 0 saturated carbocycles. The van der Waals surface area contributed by atoms with Crippen LogP contribution in [0.15, 0.2) is 46.3 Å². The summed E-state index contributed by atoms with van der Waals surface area (Å²) >= 11 is 0.787. The summed E-state index contributed by atoms with van der Waals surface area (Å²) in [5.41, 5.74) is -0.132. The van der Waals surface area contributed by atoms with Gasteiger partial charge < -0.3 is 9.30 Å². The minimum atomic E-state index is -4.04. The van der Waals surface area contributed by atoms with Crippen LogP contribution in [0.2, 0.25) is 0 Å². The highest BCUT2D eigenvalue weighted by Gasteiger charge is 2.24. The van der Waals surface area contributed by atoms with Gasteiger partial charge in [-0.1, -0.05) is 11.3 Å². The molecule has 3 aromatic rings. The summed E-state index contributed by atoms with van der Waals surface area (Å²) in [6, 6.07) is 10.2. The van der Waals surface area contributed by atoms with Crippen molar-refractivity contribution in [2.24, 2.45) is 4.99 Å². The van der Waals surface area contributed by atoms with Gasteiger partial charge in [-0.15, -0.1) is 0 Å². The summed E-state index contributed by atoms with van der Waals surface area (Å²) in [7, 11) is -2.91. The predicted octanol–water partition coefficient (Wildman–Crippen LogP) is 2.71. The number of thiazole rings is 1. The summed E-state index contributed by atoms with van der Waals surface area (Å²) in [5, 5.41) is 17.6. The zero-order valence-corrected chi connectivity index (χ0v) is 21.0. The number of amides is 1. The van der Waals surface area contributed by atoms with Crippen LogP contribution in [0, 0.1) is 34.3 Å². The van der Waals surface area contributed by atoms with Gasteiger partial charge in [-0.2, -0.15) is 19.8 Å². The number of esters is 1. The van der Waals surface area contributed by atoms with Crippen LogP contribution < -0.4 is 4.80 Å². The van der Waals surface area contributed by atoms with Crippen molar-refractivity contribution in [1.29, 1.82) is 10.5 Å². The topological polar surface area (TPSA) is 146 Å². The van der Waals surface area contributed by atoms with E-state index in [4.69, 9.17) is 10.5 Å². The molecule has 0 N–H and O–H groups in total. The maximum absolute atomic E-state index is 14.5. The molecule has 1 amide bonds. The summed E-state index contributed by atoms with van der Waals surface area (Å²) < 4.78 is 60.9. The molecule has 0 saturated heterocycles. The quantitative estimate of drug-likeness (QED) is 0.374. The van der Waals surface area contributed by atoms with Crippen LogP contribution in [-0.4, -0.2) is 49.4 Å². The van der Waals surface area contributed by atoms with Crippen molar-refractivity contribution in [1.82, 2.24) is 8.87 Å². The van der Waals surface area contributed by atoms with Crippen molar-refractivity contribution in [3.05, 3.63) is 58.4 Å². The van der Waals surface area contributed by atoms with Crippen LogP contribution in [0.4, 0.5) is 8.78 Å². The molecular weight excluding hydrogens is 528 g/mol. The molecule has 0 fully saturated rings. The first-order valence-electron chi connectivity index (χ1n) is 10.6. The highest BCUT2D eigenvalue weighted by Crippen LogP contribution is 2.23. The van der Waals surface area contributed by atoms with E-state index in [-0.39, 0.29) is 51.4 Å². The zero-order chi connectivity index (χ0) is 27.2. The molecule has 0 radical (unpaired) electrons. The van der Waals surface area contributed by atoms with Gasteiger partial charge in [-0.3, -0.25) is 9.59 Å². The fourth-order valence-electron chi connectivity index (χ4n) is 3.33. The fourth-order valence-corrected chi connectivity index (χ4v) is 5.83. The molecule has 0 atom stereocenters. The third kappa shape index (κ3) is 6.24. The summed E-state index contributed by atoms with van der Waals surface area (Å²) in [4.78, 5) is 28.4. The average molecular weight is 548 g/mol. The molecule has 0 aliphatic rings. The average Bonchev–Trinajstić information content (AvgIpc) is 3.20. The minimum Gasteiger partial charge on any atom is -0.468 e. The number of nitriles is 2. The SMILES string of the molecule is COC(=O)Cn1c(=NC(=O)c2ccc(S(=O)(=O)N(CCC#N)CCC#N)cc2)sc2cc(F)cc(F)c21. The van der Waals surface area contributed by atoms with Gasteiger partial charge in [0.2, 0.25) is 10.0 Å². The van der Waals surface area contributed by atoms with Crippen LogP contribution in [0.5, 0.6) is 0 Å². The molecule has 192 valence electrons. The Morgan fingerprint density at radius 2 is 1.73 bits per heavy atom. The Morgan fingerprint density at radius 1 is 1.11 bits per heavy atom. The third-order valence-corrected chi connectivity index (χ3v) is 8.03. The van der Waals surface area contributed by atoms with E-state index in [1.54, 1.807) is 0 Å². The maximum atomic E-state index is 14.5. The monoisotopic (exact) mass is 547 g/mol. The molecule has 14 heteroatoms. The first-order valence-corrected chi connectivity index (χ1v) is 12.9. The molecule has 0 unspecified atom stereocenters. The Labute approximate surface area is 214 Å². The number of fused-ring (bicyclic) bond motifs is 1. The maximum Gasteiger partial charge on any atom is 0.325 e. The number of rotatable bonds is 9. The summed E-state index contributed by atoms with van der Waals surface area (Å²) in [6.45, 7) is -0.677. The van der Waals surface area contributed by atoms with Crippen LogP contribution in [0.3, 0.4) is 0 Å². The lowest BCUT2D eigenvalue weighted by atomic mass is 10.2. The van der Waals surface area contributed by atoms with Crippen LogP contribution >= 0.6 is 11.3 Å². The zero-order valence-electron chi connectivity index (χ0n) is 19.3. The fraction of sp³-hybridized carbons (Fsp3) is 0.261. The second-order valence-electron chi connectivity index (χ2n) is 7.44. The number of nitrogens with zero attached hydrogens (tertiary/aromatic N) is 5. The molecule has 0 bridgehead atoms. The van der Waals surface area contributed by atoms with Crippen molar-refractivity contribution >= 4 is 43.5 Å². The van der Waals surface area contributed by atoms with Gasteiger partial charge in [0.25, 0.3) is 5.91 Å². The number of methoxy groups -OCH3 is 1. The van der Waals surface area contributed by atoms with E-state index in [2.05, 4.69) is 9.73 Å². The second-order valence-corrected chi connectivity index (χ2v) is 10.4. The molecule has 3 rings (SSSR count). The summed E-state index contributed by atoms with van der Waals surface area (Å²) in [5.74, 6) is -3.36. The van der Waals surface area contributed by atoms with Gasteiger partial charge in [0, 0.05) is 37.6 Å². The largest absolute Gasteiger partial charge is 0.468 e. The molecule has 2 aromatic carbocycles. The van der Waals surface area contributed by atoms with E-state index in [0.29, 0.717) is 6.07 Å². The molecule has 37 heavy (non-hydrogen) atoms. The van der Waals surface area contributed by atoms with Gasteiger partial charge in [0.1, 0.15) is 12.4 Å². The number of halogens is 2. The van der Waals surface area contributed by atoms with Crippen molar-refractivity contribution in [2.75, 3.05) is 20.2 Å². The van der Waals surface area contributed by atoms with E-state index in [9.17, 15) is 26.8 Å². The van der Waals surface area contributed by atoms with Crippen LogP contribution in [0.1, 0.15) is 23.2 Å². The third-order valence-electron chi connectivity index (χ3n) is 5.09. The van der Waals surface area contributed by atoms with E-state index in [0.717, 1.165) is 33.4 Å². The Hall–Kier alpha value is -3.98. The van der Waals surface area contributed by atoms with E-state index in [1.165, 1.54) is 24.3 Å². The highest BCUT2D eigenvalue weighted by molar-refractivity contribution is 7.89. The van der Waals surface area contributed by atoms with Gasteiger partial charge in [0.15, 0.2) is 10.6 Å². The Kier molecular flexibility index (Phi) is 8.83. The minimum absolute atomic E-state index is 0.00623. The second kappa shape index (κ2) is 11.8. The number of ether oxygens (including phenoxy) is 1. The number of hydrogen-bond donors (Lipinski definition) is 0. The molecule has 10 nitrogen and oxygen atoms in total. The Balaban J connectivity index is 1.99. The first kappa shape index (κ1) is 27.6. The van der Waals surface area contributed by atoms with Crippen molar-refractivity contribution < 1.29 is 31.5 Å². The number of benzene rings is 2. The molecule has 1 aromatic heterocycles. The van der Waals surface area contributed by atoms with E-state index < -0.39 is 40.1 Å². The lowest BCUT2D eigenvalue weighted by Crippen LogP contribution is -2.32. The van der Waals surface area contributed by atoms with E-state index >= 15 is 0 Å². The number of carbonyl (C=O) groups is 2. The lowest BCUT2D eigenvalue weighted by molar-refractivity contribution is -0.141. The van der Waals surface area contributed by atoms with Crippen LogP contribution in [0.25, 0.3) is 10.2 Å². The van der Waals surface area contributed by atoms with Gasteiger partial charge in [0.05, 0.1) is 34.4 Å². The number of sulfonamides is 1. The van der Waals surface area contributed by atoms with Crippen molar-refractivity contribution in [3.8, 4) is 12.1 Å². The highest BCUT2D eigenvalue weighted by atomic mass is 32.2. The van der Waals surface area contributed by atoms with Gasteiger partial charge in [-0.25, -0.2) is 17.2 Å². The summed E-state index contributed by atoms with van der Waals surface area (Å²) in [6.07, 6.45) is -0.128. The van der Waals surface area contributed by atoms with Gasteiger partial charge in [-0.05, 0) is 30.3 Å². The lowest BCUT2D eigenvalue weighted by Gasteiger charge is -2.20. The molecule has 0 aliphatic heterocycles. The first-order chi connectivity index (χ1) is 17.6. The number of hydrogen-bond acceptors (Lipinski definition) is 8. The Morgan fingerprint density at radius 3 is 2.30 bits per heavy atom. The van der Waals surface area contributed by atoms with Crippen LogP contribution in [-0.2, 0) is 26.1 Å². The molecular formula is C23H19F2N5O5S2. The van der Waals surface area contributed by atoms with Gasteiger partial charge >= 0.3 is 5.97 Å². The number of carbonyl (C=O) groups excluding carboxylic acids is 2. The van der Waals surface area contributed by atoms with E-state index in [1.807, 2.05) is 12.1 Å². The molecule has 0 aliphatic carbocycles. The molecule has 0 spiro atoms. The predicted molar refractivity (Wildman–Crippen MR) is 127 cm³/mol. The normalized spacial score (nSPS) is 11.9. The number of aromatic nitrogens is 1. The smallest absolute Gasteiger partial charge is 0.325 e. The van der Waals surface area contributed by atoms with Crippen molar-refractivity contribution in [2.45, 2.75) is 24.3 Å². The standard InChI is InChI=1S/C23H19F2N5O5S2/c1-35-20(31)14-30-21-18(25)12-16(24)13-19(21)36-23(30)28-22(32)15-4-6-17(7-5-15)37(33,34)29(10-2-8-26)11-3-9-27/h4-7,12-13H,2-3,10-11,14H2,1H3. The Bertz CT molecular complexity index is 1580. The molecule has 1 heterocycles.